The van der Waals surface area contributed by atoms with Crippen molar-refractivity contribution in [2.75, 3.05) is 12.4 Å². The van der Waals surface area contributed by atoms with Gasteiger partial charge in [-0.2, -0.15) is 0 Å². The normalized spacial score (nSPS) is 11.1. The van der Waals surface area contributed by atoms with E-state index in [9.17, 15) is 24.3 Å². The van der Waals surface area contributed by atoms with Crippen LogP contribution in [-0.2, 0) is 13.6 Å². The second-order valence-electron chi connectivity index (χ2n) is 9.89. The lowest BCUT2D eigenvalue weighted by molar-refractivity contribution is 0.0697. The number of fused-ring (bicyclic) bond motifs is 1. The number of benzene rings is 3. The lowest BCUT2D eigenvalue weighted by Gasteiger charge is -2.21. The van der Waals surface area contributed by atoms with E-state index >= 15 is 4.39 Å². The van der Waals surface area contributed by atoms with E-state index < -0.39 is 28.6 Å². The second-order valence-corrected chi connectivity index (χ2v) is 9.89. The maximum atomic E-state index is 15.4. The van der Waals surface area contributed by atoms with Gasteiger partial charge in [0.1, 0.15) is 22.6 Å². The summed E-state index contributed by atoms with van der Waals surface area (Å²) in [6.07, 6.45) is 0. The summed E-state index contributed by atoms with van der Waals surface area (Å²) >= 11 is 0. The van der Waals surface area contributed by atoms with Gasteiger partial charge in [-0.25, -0.2) is 18.5 Å². The fraction of sp³-hybridized carbons (Fsp3) is 0.161. The van der Waals surface area contributed by atoms with Crippen molar-refractivity contribution in [3.8, 4) is 11.4 Å². The molecule has 0 spiro atoms. The van der Waals surface area contributed by atoms with Crippen LogP contribution in [0.5, 0.6) is 5.75 Å². The first kappa shape index (κ1) is 28.1. The van der Waals surface area contributed by atoms with Crippen LogP contribution in [0.15, 0.2) is 81.1 Å². The highest BCUT2D eigenvalue weighted by atomic mass is 19.1. The van der Waals surface area contributed by atoms with E-state index in [0.717, 1.165) is 13.7 Å². The number of hydrogen-bond donors (Lipinski definition) is 2. The molecule has 0 amide bonds. The van der Waals surface area contributed by atoms with Crippen molar-refractivity contribution in [3.63, 3.8) is 0 Å². The predicted octanol–water partition coefficient (Wildman–Crippen LogP) is 4.11. The molecular formula is C31H27FN4O6. The summed E-state index contributed by atoms with van der Waals surface area (Å²) in [4.78, 5) is 53.2. The summed E-state index contributed by atoms with van der Waals surface area (Å²) in [7, 11) is 2.92. The summed E-state index contributed by atoms with van der Waals surface area (Å²) in [5.74, 6) is -1.29. The Morgan fingerprint density at radius 3 is 2.33 bits per heavy atom. The number of aromatic nitrogens is 3. The van der Waals surface area contributed by atoms with Gasteiger partial charge in [-0.15, -0.1) is 0 Å². The van der Waals surface area contributed by atoms with E-state index in [1.165, 1.54) is 51.4 Å². The number of nitrogens with one attached hydrogen (secondary N) is 1. The summed E-state index contributed by atoms with van der Waals surface area (Å²) in [5.41, 5.74) is -0.627. The van der Waals surface area contributed by atoms with Crippen molar-refractivity contribution in [2.24, 2.45) is 7.05 Å². The number of methoxy groups -OCH3 is 1. The van der Waals surface area contributed by atoms with Gasteiger partial charge in [0.25, 0.3) is 11.1 Å². The third kappa shape index (κ3) is 4.85. The first-order valence-electron chi connectivity index (χ1n) is 12.9. The Hall–Kier alpha value is -5.45. The van der Waals surface area contributed by atoms with E-state index in [1.54, 1.807) is 43.3 Å². The minimum atomic E-state index is -1.16. The number of aryl methyl sites for hydroxylation is 2. The van der Waals surface area contributed by atoms with E-state index in [4.69, 9.17) is 4.74 Å². The predicted molar refractivity (Wildman–Crippen MR) is 157 cm³/mol. The fourth-order valence-corrected chi connectivity index (χ4v) is 4.91. The Kier molecular flexibility index (Phi) is 7.25. The minimum Gasteiger partial charge on any atom is -0.497 e. The van der Waals surface area contributed by atoms with Crippen LogP contribution >= 0.6 is 0 Å². The molecule has 0 aliphatic carbocycles. The van der Waals surface area contributed by atoms with Crippen molar-refractivity contribution < 1.29 is 19.0 Å². The highest BCUT2D eigenvalue weighted by Crippen LogP contribution is 2.28. The Bertz CT molecular complexity index is 2060. The number of hydrogen-bond acceptors (Lipinski definition) is 6. The molecule has 0 bridgehead atoms. The second kappa shape index (κ2) is 10.8. The number of carboxylic acids is 1. The zero-order chi connectivity index (χ0) is 30.3. The van der Waals surface area contributed by atoms with Gasteiger partial charge in [0.05, 0.1) is 30.6 Å². The smallest absolute Gasteiger partial charge is 0.337 e. The van der Waals surface area contributed by atoms with E-state index in [-0.39, 0.29) is 40.1 Å². The van der Waals surface area contributed by atoms with Crippen LogP contribution in [0.2, 0.25) is 0 Å². The molecule has 0 aliphatic rings. The Labute approximate surface area is 238 Å². The number of pyridine rings is 1. The lowest BCUT2D eigenvalue weighted by Crippen LogP contribution is -2.42. The molecule has 5 rings (SSSR count). The zero-order valence-corrected chi connectivity index (χ0v) is 23.3. The van der Waals surface area contributed by atoms with Crippen LogP contribution in [0.1, 0.15) is 27.0 Å². The molecule has 0 unspecified atom stereocenters. The molecule has 0 aliphatic heterocycles. The first-order chi connectivity index (χ1) is 20.0. The van der Waals surface area contributed by atoms with Crippen molar-refractivity contribution >= 4 is 28.4 Å². The molecule has 0 fully saturated rings. The lowest BCUT2D eigenvalue weighted by atomic mass is 10.1. The fourth-order valence-electron chi connectivity index (χ4n) is 4.91. The third-order valence-corrected chi connectivity index (χ3v) is 7.11. The van der Waals surface area contributed by atoms with Gasteiger partial charge in [0, 0.05) is 18.3 Å². The monoisotopic (exact) mass is 570 g/mol. The largest absolute Gasteiger partial charge is 0.497 e. The van der Waals surface area contributed by atoms with E-state index in [0.29, 0.717) is 22.6 Å². The molecule has 2 N–H and O–H groups in total. The molecule has 0 atom stereocenters. The molecule has 2 aromatic heterocycles. The number of rotatable bonds is 7. The summed E-state index contributed by atoms with van der Waals surface area (Å²) in [5, 5.41) is 12.4. The Balaban J connectivity index is 1.89. The topological polar surface area (TPSA) is 125 Å². The van der Waals surface area contributed by atoms with Gasteiger partial charge in [0.2, 0.25) is 0 Å². The summed E-state index contributed by atoms with van der Waals surface area (Å²) in [6.45, 7) is 3.06. The molecule has 3 aromatic carbocycles. The summed E-state index contributed by atoms with van der Waals surface area (Å²) < 4.78 is 23.8. The van der Waals surface area contributed by atoms with Crippen LogP contribution in [-0.4, -0.2) is 31.9 Å². The van der Waals surface area contributed by atoms with Crippen molar-refractivity contribution in [1.82, 2.24) is 13.7 Å². The van der Waals surface area contributed by atoms with Crippen LogP contribution in [0.25, 0.3) is 16.7 Å². The first-order valence-corrected chi connectivity index (χ1v) is 12.9. The number of carboxylic acid groups (broad SMARTS) is 1. The Morgan fingerprint density at radius 2 is 1.69 bits per heavy atom. The average Bonchev–Trinajstić information content (AvgIpc) is 2.97. The molecular weight excluding hydrogens is 543 g/mol. The summed E-state index contributed by atoms with van der Waals surface area (Å²) in [6, 6.07) is 17.0. The molecule has 214 valence electrons. The van der Waals surface area contributed by atoms with Gasteiger partial charge in [-0.1, -0.05) is 24.3 Å². The highest BCUT2D eigenvalue weighted by Gasteiger charge is 2.25. The molecule has 11 heteroatoms. The number of aromatic carboxylic acids is 1. The maximum Gasteiger partial charge on any atom is 0.337 e. The van der Waals surface area contributed by atoms with Crippen molar-refractivity contribution in [3.05, 3.63) is 126 Å². The third-order valence-electron chi connectivity index (χ3n) is 7.11. The average molecular weight is 571 g/mol. The van der Waals surface area contributed by atoms with Gasteiger partial charge >= 0.3 is 11.7 Å². The quantitative estimate of drug-likeness (QED) is 0.302. The highest BCUT2D eigenvalue weighted by molar-refractivity contribution is 5.94. The Morgan fingerprint density at radius 1 is 0.976 bits per heavy atom. The minimum absolute atomic E-state index is 0.0126. The van der Waals surface area contributed by atoms with Gasteiger partial charge < -0.3 is 15.2 Å². The number of ether oxygens (including phenoxy) is 1. The molecule has 10 nitrogen and oxygen atoms in total. The van der Waals surface area contributed by atoms with Crippen LogP contribution in [0.3, 0.4) is 0 Å². The van der Waals surface area contributed by atoms with E-state index in [1.807, 2.05) is 0 Å². The molecule has 5 aromatic rings. The van der Waals surface area contributed by atoms with Crippen molar-refractivity contribution in [2.45, 2.75) is 20.4 Å². The number of nitrogens with zero attached hydrogens (tertiary/aromatic N) is 3. The molecule has 0 radical (unpaired) electrons. The van der Waals surface area contributed by atoms with Gasteiger partial charge in [-0.05, 0) is 67.4 Å². The van der Waals surface area contributed by atoms with Gasteiger partial charge in [0.15, 0.2) is 0 Å². The van der Waals surface area contributed by atoms with E-state index in [2.05, 4.69) is 5.32 Å². The standard InChI is InChI=1S/C31H27FN4O6/c1-17-8-13-24(23(32)14-17)36-27-25(29(38)35(31(36)41)16-19-9-11-22(42-4)12-10-19)26(18(2)28(37)34(27)3)33-21-7-5-6-20(15-21)30(39)40/h5-15,33H,16H2,1-4H3,(H,39,40). The van der Waals surface area contributed by atoms with Crippen LogP contribution in [0, 0.1) is 19.7 Å². The number of halogens is 1. The SMILES string of the molecule is COc1ccc(Cn2c(=O)c3c(Nc4cccc(C(=O)O)c4)c(C)c(=O)n(C)c3n(-c3ccc(C)cc3F)c2=O)cc1. The zero-order valence-electron chi connectivity index (χ0n) is 23.3. The van der Waals surface area contributed by atoms with Gasteiger partial charge in [-0.3, -0.25) is 18.7 Å². The van der Waals surface area contributed by atoms with Crippen molar-refractivity contribution in [1.29, 1.82) is 0 Å². The molecule has 0 saturated heterocycles. The number of carbonyl (C=O) groups is 1. The number of anilines is 2. The maximum absolute atomic E-state index is 15.4. The molecule has 2 heterocycles. The van der Waals surface area contributed by atoms with Crippen LogP contribution in [0.4, 0.5) is 15.8 Å². The molecule has 42 heavy (non-hydrogen) atoms. The van der Waals surface area contributed by atoms with Crippen LogP contribution < -0.4 is 26.9 Å². The molecule has 0 saturated carbocycles.